The Bertz CT molecular complexity index is 895. The minimum atomic E-state index is -1.06. The summed E-state index contributed by atoms with van der Waals surface area (Å²) in [6, 6.07) is 5.23. The fourth-order valence-electron chi connectivity index (χ4n) is 2.43. The van der Waals surface area contributed by atoms with Gasteiger partial charge in [0.05, 0.1) is 12.8 Å². The second-order valence-electron chi connectivity index (χ2n) is 4.88. The standard InChI is InChI=1S/C15H13BrN2O4/c1-7-4-9-13(16)8(5-12(21-3)14(9)22-7)11-6-10(15(19)20)17-18(11)2/h4-6H,1-3H3,(H,19,20). The minimum absolute atomic E-state index is 0.00756. The predicted octanol–water partition coefficient (Wildman–Crippen LogP) is 3.61. The molecule has 0 aliphatic carbocycles. The van der Waals surface area contributed by atoms with Crippen LogP contribution in [-0.2, 0) is 7.05 Å². The first-order valence-electron chi connectivity index (χ1n) is 6.46. The van der Waals surface area contributed by atoms with E-state index in [0.29, 0.717) is 17.0 Å². The van der Waals surface area contributed by atoms with Crippen molar-refractivity contribution in [1.29, 1.82) is 0 Å². The zero-order chi connectivity index (χ0) is 16.0. The van der Waals surface area contributed by atoms with Gasteiger partial charge in [0.25, 0.3) is 0 Å². The van der Waals surface area contributed by atoms with Crippen molar-refractivity contribution in [2.75, 3.05) is 7.11 Å². The maximum absolute atomic E-state index is 11.1. The Morgan fingerprint density at radius 1 is 1.41 bits per heavy atom. The third kappa shape index (κ3) is 2.18. The van der Waals surface area contributed by atoms with Crippen molar-refractivity contribution >= 4 is 32.9 Å². The zero-order valence-corrected chi connectivity index (χ0v) is 13.8. The van der Waals surface area contributed by atoms with Gasteiger partial charge in [-0.15, -0.1) is 0 Å². The van der Waals surface area contributed by atoms with Crippen molar-refractivity contribution in [3.05, 3.63) is 34.1 Å². The lowest BCUT2D eigenvalue weighted by Crippen LogP contribution is -1.99. The lowest BCUT2D eigenvalue weighted by atomic mass is 10.1. The molecule has 3 rings (SSSR count). The van der Waals surface area contributed by atoms with E-state index in [1.165, 1.54) is 10.7 Å². The summed E-state index contributed by atoms with van der Waals surface area (Å²) in [5, 5.41) is 14.0. The molecule has 3 aromatic rings. The topological polar surface area (TPSA) is 77.5 Å². The van der Waals surface area contributed by atoms with E-state index >= 15 is 0 Å². The van der Waals surface area contributed by atoms with Crippen LogP contribution in [-0.4, -0.2) is 28.0 Å². The number of aryl methyl sites for hydroxylation is 2. The number of carbonyl (C=O) groups is 1. The largest absolute Gasteiger partial charge is 0.493 e. The van der Waals surface area contributed by atoms with Gasteiger partial charge >= 0.3 is 5.97 Å². The number of hydrogen-bond acceptors (Lipinski definition) is 4. The summed E-state index contributed by atoms with van der Waals surface area (Å²) in [7, 11) is 3.27. The summed E-state index contributed by atoms with van der Waals surface area (Å²) in [6.45, 7) is 1.86. The van der Waals surface area contributed by atoms with Gasteiger partial charge in [0, 0.05) is 22.5 Å². The highest BCUT2D eigenvalue weighted by atomic mass is 79.9. The molecule has 0 aliphatic heterocycles. The van der Waals surface area contributed by atoms with E-state index in [0.717, 1.165) is 21.2 Å². The van der Waals surface area contributed by atoms with Gasteiger partial charge in [0.2, 0.25) is 0 Å². The van der Waals surface area contributed by atoms with Crippen LogP contribution in [0.1, 0.15) is 16.2 Å². The fraction of sp³-hybridized carbons (Fsp3) is 0.200. The highest BCUT2D eigenvalue weighted by Gasteiger charge is 2.20. The van der Waals surface area contributed by atoms with Crippen LogP contribution in [0, 0.1) is 6.92 Å². The number of fused-ring (bicyclic) bond motifs is 1. The monoisotopic (exact) mass is 364 g/mol. The fourth-order valence-corrected chi connectivity index (χ4v) is 3.04. The summed E-state index contributed by atoms with van der Waals surface area (Å²) < 4.78 is 13.4. The van der Waals surface area contributed by atoms with Gasteiger partial charge in [-0.1, -0.05) is 0 Å². The molecule has 2 aromatic heterocycles. The molecule has 1 aromatic carbocycles. The Labute approximate surface area is 134 Å². The molecule has 0 amide bonds. The number of nitrogens with zero attached hydrogens (tertiary/aromatic N) is 2. The van der Waals surface area contributed by atoms with Crippen molar-refractivity contribution in [3.8, 4) is 17.0 Å². The van der Waals surface area contributed by atoms with Crippen LogP contribution in [0.4, 0.5) is 0 Å². The van der Waals surface area contributed by atoms with E-state index in [-0.39, 0.29) is 5.69 Å². The van der Waals surface area contributed by atoms with Crippen LogP contribution in [0.2, 0.25) is 0 Å². The molecule has 0 saturated carbocycles. The summed E-state index contributed by atoms with van der Waals surface area (Å²) in [4.78, 5) is 11.1. The normalized spacial score (nSPS) is 11.1. The highest BCUT2D eigenvalue weighted by molar-refractivity contribution is 9.10. The Morgan fingerprint density at radius 2 is 2.14 bits per heavy atom. The van der Waals surface area contributed by atoms with Crippen LogP contribution in [0.3, 0.4) is 0 Å². The van der Waals surface area contributed by atoms with E-state index in [1.807, 2.05) is 13.0 Å². The third-order valence-electron chi connectivity index (χ3n) is 3.42. The summed E-state index contributed by atoms with van der Waals surface area (Å²) in [6.07, 6.45) is 0. The van der Waals surface area contributed by atoms with Crippen molar-refractivity contribution in [1.82, 2.24) is 9.78 Å². The quantitative estimate of drug-likeness (QED) is 0.767. The number of carboxylic acid groups (broad SMARTS) is 1. The number of halogens is 1. The van der Waals surface area contributed by atoms with E-state index in [2.05, 4.69) is 21.0 Å². The maximum atomic E-state index is 11.1. The number of aromatic nitrogens is 2. The first kappa shape index (κ1) is 14.6. The summed E-state index contributed by atoms with van der Waals surface area (Å²) >= 11 is 3.57. The van der Waals surface area contributed by atoms with Crippen LogP contribution >= 0.6 is 15.9 Å². The second-order valence-corrected chi connectivity index (χ2v) is 5.68. The molecule has 0 bridgehead atoms. The van der Waals surface area contributed by atoms with Crippen LogP contribution < -0.4 is 4.74 Å². The van der Waals surface area contributed by atoms with Gasteiger partial charge in [0.15, 0.2) is 17.0 Å². The Kier molecular flexibility index (Phi) is 3.44. The van der Waals surface area contributed by atoms with Gasteiger partial charge < -0.3 is 14.3 Å². The van der Waals surface area contributed by atoms with Crippen molar-refractivity contribution in [2.45, 2.75) is 6.92 Å². The van der Waals surface area contributed by atoms with Gasteiger partial charge in [0.1, 0.15) is 5.76 Å². The molecule has 0 unspecified atom stereocenters. The molecule has 1 N–H and O–H groups in total. The van der Waals surface area contributed by atoms with Gasteiger partial charge in [-0.25, -0.2) is 4.79 Å². The van der Waals surface area contributed by atoms with Gasteiger partial charge in [-0.3, -0.25) is 4.68 Å². The SMILES string of the molecule is COc1cc(-c2cc(C(=O)O)nn2C)c(Br)c2cc(C)oc12. The molecular weight excluding hydrogens is 352 g/mol. The highest BCUT2D eigenvalue weighted by Crippen LogP contribution is 2.41. The van der Waals surface area contributed by atoms with E-state index < -0.39 is 5.97 Å². The third-order valence-corrected chi connectivity index (χ3v) is 4.28. The van der Waals surface area contributed by atoms with E-state index in [1.54, 1.807) is 20.2 Å². The maximum Gasteiger partial charge on any atom is 0.356 e. The molecule has 0 saturated heterocycles. The van der Waals surface area contributed by atoms with Gasteiger partial charge in [-0.05, 0) is 41.1 Å². The molecule has 0 fully saturated rings. The van der Waals surface area contributed by atoms with Crippen LogP contribution in [0.5, 0.6) is 5.75 Å². The van der Waals surface area contributed by atoms with Crippen molar-refractivity contribution < 1.29 is 19.1 Å². The Balaban J connectivity index is 2.31. The van der Waals surface area contributed by atoms with E-state index in [4.69, 9.17) is 14.3 Å². The average molecular weight is 365 g/mol. The number of carboxylic acids is 1. The molecule has 6 nitrogen and oxygen atoms in total. The summed E-state index contributed by atoms with van der Waals surface area (Å²) in [5.41, 5.74) is 2.10. The molecule has 114 valence electrons. The number of hydrogen-bond donors (Lipinski definition) is 1. The second kappa shape index (κ2) is 5.17. The number of methoxy groups -OCH3 is 1. The lowest BCUT2D eigenvalue weighted by Gasteiger charge is -2.09. The first-order chi connectivity index (χ1) is 10.4. The van der Waals surface area contributed by atoms with Gasteiger partial charge in [-0.2, -0.15) is 5.10 Å². The minimum Gasteiger partial charge on any atom is -0.493 e. The number of rotatable bonds is 3. The molecule has 0 aliphatic rings. The molecule has 0 radical (unpaired) electrons. The first-order valence-corrected chi connectivity index (χ1v) is 7.26. The van der Waals surface area contributed by atoms with Crippen molar-refractivity contribution in [3.63, 3.8) is 0 Å². The average Bonchev–Trinajstić information content (AvgIpc) is 3.03. The smallest absolute Gasteiger partial charge is 0.356 e. The van der Waals surface area contributed by atoms with E-state index in [9.17, 15) is 4.79 Å². The number of furan rings is 1. The molecular formula is C15H13BrN2O4. The number of ether oxygens (including phenoxy) is 1. The predicted molar refractivity (Wildman–Crippen MR) is 84.4 cm³/mol. The number of aromatic carboxylic acids is 1. The zero-order valence-electron chi connectivity index (χ0n) is 12.2. The molecule has 2 heterocycles. The van der Waals surface area contributed by atoms with Crippen molar-refractivity contribution in [2.24, 2.45) is 7.05 Å². The van der Waals surface area contributed by atoms with Crippen LogP contribution in [0.25, 0.3) is 22.2 Å². The summed E-state index contributed by atoms with van der Waals surface area (Å²) in [5.74, 6) is 0.284. The molecule has 0 spiro atoms. The Hall–Kier alpha value is -2.28. The number of benzene rings is 1. The molecule has 0 atom stereocenters. The van der Waals surface area contributed by atoms with Crippen LogP contribution in [0.15, 0.2) is 27.1 Å². The molecule has 7 heteroatoms. The lowest BCUT2D eigenvalue weighted by molar-refractivity contribution is 0.0689. The Morgan fingerprint density at radius 3 is 2.73 bits per heavy atom. The molecule has 22 heavy (non-hydrogen) atoms.